The Balaban J connectivity index is 2.85. The van der Waals surface area contributed by atoms with Crippen LogP contribution in [0.2, 0.25) is 0 Å². The molecule has 0 amide bonds. The molecule has 20 heavy (non-hydrogen) atoms. The minimum absolute atomic E-state index is 0.144. The minimum atomic E-state index is -4.50. The van der Waals surface area contributed by atoms with E-state index in [-0.39, 0.29) is 11.7 Å². The number of hydrogen-bond acceptors (Lipinski definition) is 3. The second-order valence-corrected chi connectivity index (χ2v) is 7.68. The van der Waals surface area contributed by atoms with Gasteiger partial charge < -0.3 is 5.32 Å². The van der Waals surface area contributed by atoms with Gasteiger partial charge in [0.15, 0.2) is 0 Å². The van der Waals surface area contributed by atoms with Gasteiger partial charge in [-0.25, -0.2) is 8.42 Å². The maximum absolute atomic E-state index is 12.7. The number of piperidine rings is 1. The Labute approximate surface area is 118 Å². The van der Waals surface area contributed by atoms with Gasteiger partial charge in [-0.1, -0.05) is 13.8 Å². The topological polar surface area (TPSA) is 49.4 Å². The SMILES string of the molecule is CC(C)CCS(=O)(=O)N(CC(F)(F)F)C1CCNCC1. The van der Waals surface area contributed by atoms with Gasteiger partial charge in [-0.3, -0.25) is 0 Å². The van der Waals surface area contributed by atoms with Crippen LogP contribution in [0, 0.1) is 5.92 Å². The Morgan fingerprint density at radius 3 is 2.25 bits per heavy atom. The van der Waals surface area contributed by atoms with E-state index in [1.807, 2.05) is 13.8 Å². The third-order valence-electron chi connectivity index (χ3n) is 3.36. The highest BCUT2D eigenvalue weighted by Crippen LogP contribution is 2.25. The summed E-state index contributed by atoms with van der Waals surface area (Å²) in [5.41, 5.74) is 0. The van der Waals surface area contributed by atoms with Gasteiger partial charge in [-0.15, -0.1) is 0 Å². The number of nitrogens with one attached hydrogen (secondary N) is 1. The van der Waals surface area contributed by atoms with Crippen LogP contribution in [0.4, 0.5) is 13.2 Å². The van der Waals surface area contributed by atoms with Crippen LogP contribution >= 0.6 is 0 Å². The van der Waals surface area contributed by atoms with E-state index in [9.17, 15) is 21.6 Å². The monoisotopic (exact) mass is 316 g/mol. The molecule has 1 aliphatic heterocycles. The summed E-state index contributed by atoms with van der Waals surface area (Å²) in [7, 11) is -3.86. The molecule has 0 unspecified atom stereocenters. The van der Waals surface area contributed by atoms with Crippen molar-refractivity contribution in [1.82, 2.24) is 9.62 Å². The molecule has 0 atom stereocenters. The molecule has 0 bridgehead atoms. The number of sulfonamides is 1. The molecule has 0 radical (unpaired) electrons. The van der Waals surface area contributed by atoms with Crippen LogP contribution in [0.5, 0.6) is 0 Å². The Kier molecular flexibility index (Phi) is 6.27. The fourth-order valence-electron chi connectivity index (χ4n) is 2.23. The summed E-state index contributed by atoms with van der Waals surface area (Å²) >= 11 is 0. The Hall–Kier alpha value is -0.340. The first kappa shape index (κ1) is 17.7. The molecule has 4 nitrogen and oxygen atoms in total. The molecule has 1 rings (SSSR count). The van der Waals surface area contributed by atoms with Crippen LogP contribution in [0.15, 0.2) is 0 Å². The highest BCUT2D eigenvalue weighted by molar-refractivity contribution is 7.89. The van der Waals surface area contributed by atoms with Crippen LogP contribution in [0.3, 0.4) is 0 Å². The predicted molar refractivity (Wildman–Crippen MR) is 71.9 cm³/mol. The van der Waals surface area contributed by atoms with Crippen molar-refractivity contribution in [2.24, 2.45) is 5.92 Å². The van der Waals surface area contributed by atoms with Crippen LogP contribution in [-0.4, -0.2) is 50.3 Å². The summed E-state index contributed by atoms with van der Waals surface area (Å²) in [4.78, 5) is 0. The molecule has 1 heterocycles. The van der Waals surface area contributed by atoms with E-state index in [4.69, 9.17) is 0 Å². The highest BCUT2D eigenvalue weighted by Gasteiger charge is 2.40. The van der Waals surface area contributed by atoms with Crippen LogP contribution in [0.1, 0.15) is 33.1 Å². The van der Waals surface area contributed by atoms with E-state index in [1.165, 1.54) is 0 Å². The number of hydrogen-bond donors (Lipinski definition) is 1. The standard InChI is InChI=1S/C12H23F3N2O2S/c1-10(2)5-8-20(18,19)17(9-12(13,14)15)11-3-6-16-7-4-11/h10-11,16H,3-9H2,1-2H3. The Morgan fingerprint density at radius 1 is 1.25 bits per heavy atom. The van der Waals surface area contributed by atoms with Gasteiger partial charge in [-0.2, -0.15) is 17.5 Å². The van der Waals surface area contributed by atoms with Gasteiger partial charge in [0.1, 0.15) is 6.54 Å². The lowest BCUT2D eigenvalue weighted by molar-refractivity contribution is -0.140. The van der Waals surface area contributed by atoms with Crippen molar-refractivity contribution in [3.8, 4) is 0 Å². The van der Waals surface area contributed by atoms with Gasteiger partial charge in [-0.05, 0) is 38.3 Å². The van der Waals surface area contributed by atoms with Crippen molar-refractivity contribution in [1.29, 1.82) is 0 Å². The highest BCUT2D eigenvalue weighted by atomic mass is 32.2. The van der Waals surface area contributed by atoms with E-state index in [2.05, 4.69) is 5.32 Å². The van der Waals surface area contributed by atoms with Crippen LogP contribution in [0.25, 0.3) is 0 Å². The number of alkyl halides is 3. The zero-order chi connectivity index (χ0) is 15.4. The van der Waals surface area contributed by atoms with Crippen molar-refractivity contribution in [3.63, 3.8) is 0 Å². The van der Waals surface area contributed by atoms with Crippen molar-refractivity contribution >= 4 is 10.0 Å². The molecule has 0 aromatic carbocycles. The molecule has 1 fully saturated rings. The largest absolute Gasteiger partial charge is 0.402 e. The second kappa shape index (κ2) is 7.09. The van der Waals surface area contributed by atoms with Gasteiger partial charge in [0.2, 0.25) is 10.0 Å². The molecule has 0 spiro atoms. The first-order valence-electron chi connectivity index (χ1n) is 6.89. The molecule has 1 N–H and O–H groups in total. The second-order valence-electron chi connectivity index (χ2n) is 5.64. The molecular formula is C12H23F3N2O2S. The molecule has 8 heteroatoms. The average molecular weight is 316 g/mol. The zero-order valence-electron chi connectivity index (χ0n) is 11.9. The van der Waals surface area contributed by atoms with Gasteiger partial charge in [0.25, 0.3) is 0 Å². The molecule has 0 aliphatic carbocycles. The van der Waals surface area contributed by atoms with Crippen LogP contribution in [-0.2, 0) is 10.0 Å². The Morgan fingerprint density at radius 2 is 1.80 bits per heavy atom. The molecule has 0 saturated carbocycles. The van der Waals surface area contributed by atoms with E-state index in [0.29, 0.717) is 36.7 Å². The lowest BCUT2D eigenvalue weighted by Gasteiger charge is -2.34. The van der Waals surface area contributed by atoms with Gasteiger partial charge >= 0.3 is 6.18 Å². The molecule has 1 aliphatic rings. The third kappa shape index (κ3) is 5.97. The number of rotatable bonds is 6. The van der Waals surface area contributed by atoms with Crippen LogP contribution < -0.4 is 5.32 Å². The fourth-order valence-corrected chi connectivity index (χ4v) is 4.24. The fraction of sp³-hybridized carbons (Fsp3) is 1.00. The summed E-state index contributed by atoms with van der Waals surface area (Å²) in [6.45, 7) is 3.44. The van der Waals surface area contributed by atoms with Crippen molar-refractivity contribution < 1.29 is 21.6 Å². The molecule has 0 aromatic heterocycles. The van der Waals surface area contributed by atoms with E-state index in [1.54, 1.807) is 0 Å². The summed E-state index contributed by atoms with van der Waals surface area (Å²) < 4.78 is 63.1. The zero-order valence-corrected chi connectivity index (χ0v) is 12.7. The lowest BCUT2D eigenvalue weighted by Crippen LogP contribution is -2.50. The molecular weight excluding hydrogens is 293 g/mol. The van der Waals surface area contributed by atoms with Crippen molar-refractivity contribution in [2.75, 3.05) is 25.4 Å². The van der Waals surface area contributed by atoms with Gasteiger partial charge in [0.05, 0.1) is 5.75 Å². The van der Waals surface area contributed by atoms with E-state index in [0.717, 1.165) is 0 Å². The molecule has 1 saturated heterocycles. The molecule has 120 valence electrons. The first-order chi connectivity index (χ1) is 9.12. The minimum Gasteiger partial charge on any atom is -0.317 e. The smallest absolute Gasteiger partial charge is 0.317 e. The number of nitrogens with zero attached hydrogens (tertiary/aromatic N) is 1. The number of halogens is 3. The summed E-state index contributed by atoms with van der Waals surface area (Å²) in [6.07, 6.45) is -3.27. The van der Waals surface area contributed by atoms with Crippen molar-refractivity contribution in [2.45, 2.75) is 45.3 Å². The predicted octanol–water partition coefficient (Wildman–Crippen LogP) is 1.98. The maximum Gasteiger partial charge on any atom is 0.402 e. The summed E-state index contributed by atoms with van der Waals surface area (Å²) in [6, 6.07) is -0.546. The quantitative estimate of drug-likeness (QED) is 0.815. The average Bonchev–Trinajstić information content (AvgIpc) is 2.34. The molecule has 0 aromatic rings. The summed E-state index contributed by atoms with van der Waals surface area (Å²) in [5.74, 6) is -0.0736. The maximum atomic E-state index is 12.7. The van der Waals surface area contributed by atoms with Crippen molar-refractivity contribution in [3.05, 3.63) is 0 Å². The first-order valence-corrected chi connectivity index (χ1v) is 8.50. The van der Waals surface area contributed by atoms with E-state index >= 15 is 0 Å². The Bertz CT molecular complexity index is 390. The summed E-state index contributed by atoms with van der Waals surface area (Å²) in [5, 5.41) is 3.03. The van der Waals surface area contributed by atoms with E-state index < -0.39 is 28.8 Å². The third-order valence-corrected chi connectivity index (χ3v) is 5.25. The lowest BCUT2D eigenvalue weighted by atomic mass is 10.1. The normalized spacial score (nSPS) is 18.9. The van der Waals surface area contributed by atoms with Gasteiger partial charge in [0, 0.05) is 6.04 Å².